The third-order valence-electron chi connectivity index (χ3n) is 3.46. The summed E-state index contributed by atoms with van der Waals surface area (Å²) >= 11 is 5.93. The highest BCUT2D eigenvalue weighted by Gasteiger charge is 2.20. The first kappa shape index (κ1) is 19.2. The van der Waals surface area contributed by atoms with Crippen molar-refractivity contribution in [3.8, 4) is 0 Å². The molecule has 0 radical (unpaired) electrons. The number of sulfonamides is 2. The molecule has 0 unspecified atom stereocenters. The van der Waals surface area contributed by atoms with Crippen LogP contribution in [0.1, 0.15) is 0 Å². The Morgan fingerprint density at radius 3 is 1.56 bits per heavy atom. The highest BCUT2D eigenvalue weighted by molar-refractivity contribution is 7.91. The van der Waals surface area contributed by atoms with Crippen molar-refractivity contribution < 1.29 is 16.8 Å². The molecule has 2 aromatic carbocycles. The lowest BCUT2D eigenvalue weighted by Gasteiger charge is -2.08. The number of rotatable bonds is 4. The van der Waals surface area contributed by atoms with Gasteiger partial charge in [0, 0.05) is 5.03 Å². The molecule has 0 heterocycles. The van der Waals surface area contributed by atoms with Crippen LogP contribution in [0.15, 0.2) is 103 Å². The summed E-state index contributed by atoms with van der Waals surface area (Å²) in [5.41, 5.74) is -0.284. The van der Waals surface area contributed by atoms with Gasteiger partial charge in [-0.1, -0.05) is 48.0 Å². The summed E-state index contributed by atoms with van der Waals surface area (Å²) in [4.78, 5) is -0.0429. The summed E-state index contributed by atoms with van der Waals surface area (Å²) in [6.07, 6.45) is 3.97. The van der Waals surface area contributed by atoms with Gasteiger partial charge in [0.1, 0.15) is 11.4 Å². The molecular formula is C18H13ClN2O4S2. The van der Waals surface area contributed by atoms with E-state index < -0.39 is 20.0 Å². The van der Waals surface area contributed by atoms with Crippen LogP contribution in [-0.2, 0) is 20.0 Å². The van der Waals surface area contributed by atoms with Gasteiger partial charge in [0.2, 0.25) is 0 Å². The zero-order valence-electron chi connectivity index (χ0n) is 13.7. The van der Waals surface area contributed by atoms with E-state index in [0.717, 1.165) is 0 Å². The number of hydrogen-bond donors (Lipinski definition) is 0. The molecule has 0 atom stereocenters. The molecule has 6 nitrogen and oxygen atoms in total. The van der Waals surface area contributed by atoms with Crippen molar-refractivity contribution in [1.29, 1.82) is 0 Å². The fourth-order valence-electron chi connectivity index (χ4n) is 2.20. The molecule has 138 valence electrons. The Labute approximate surface area is 162 Å². The maximum atomic E-state index is 12.5. The van der Waals surface area contributed by atoms with Gasteiger partial charge in [-0.15, -0.1) is 0 Å². The van der Waals surface area contributed by atoms with Crippen LogP contribution in [0.3, 0.4) is 0 Å². The van der Waals surface area contributed by atoms with Crippen molar-refractivity contribution in [1.82, 2.24) is 0 Å². The van der Waals surface area contributed by atoms with E-state index in [1.165, 1.54) is 42.5 Å². The molecule has 0 saturated carbocycles. The fourth-order valence-corrected chi connectivity index (χ4v) is 4.39. The van der Waals surface area contributed by atoms with Crippen molar-refractivity contribution in [3.05, 3.63) is 83.9 Å². The Morgan fingerprint density at radius 2 is 1.07 bits per heavy atom. The van der Waals surface area contributed by atoms with Gasteiger partial charge in [0.15, 0.2) is 0 Å². The lowest BCUT2D eigenvalue weighted by Crippen LogP contribution is -2.17. The quantitative estimate of drug-likeness (QED) is 0.709. The van der Waals surface area contributed by atoms with Crippen LogP contribution in [-0.4, -0.2) is 28.3 Å². The van der Waals surface area contributed by atoms with E-state index in [9.17, 15) is 16.8 Å². The normalized spacial score (nSPS) is 17.9. The van der Waals surface area contributed by atoms with Crippen LogP contribution in [0, 0.1) is 0 Å². The van der Waals surface area contributed by atoms with Gasteiger partial charge >= 0.3 is 0 Å². The molecule has 0 spiro atoms. The number of hydrogen-bond acceptors (Lipinski definition) is 4. The van der Waals surface area contributed by atoms with Crippen LogP contribution < -0.4 is 0 Å². The largest absolute Gasteiger partial charge is 0.282 e. The second kappa shape index (κ2) is 7.59. The van der Waals surface area contributed by atoms with Crippen LogP contribution >= 0.6 is 11.6 Å². The predicted octanol–water partition coefficient (Wildman–Crippen LogP) is 3.34. The average Bonchev–Trinajstić information content (AvgIpc) is 2.65. The monoisotopic (exact) mass is 420 g/mol. The van der Waals surface area contributed by atoms with E-state index in [1.54, 1.807) is 36.4 Å². The molecule has 0 amide bonds. The Bertz CT molecular complexity index is 1180. The van der Waals surface area contributed by atoms with Crippen molar-refractivity contribution in [2.45, 2.75) is 9.79 Å². The van der Waals surface area contributed by atoms with Crippen LogP contribution in [0.5, 0.6) is 0 Å². The molecule has 3 rings (SSSR count). The third kappa shape index (κ3) is 4.60. The molecule has 9 heteroatoms. The van der Waals surface area contributed by atoms with Crippen LogP contribution in [0.2, 0.25) is 0 Å². The van der Waals surface area contributed by atoms with E-state index in [1.807, 2.05) is 0 Å². The van der Waals surface area contributed by atoms with Gasteiger partial charge in [0.25, 0.3) is 20.0 Å². The summed E-state index contributed by atoms with van der Waals surface area (Å²) in [6, 6.07) is 15.2. The number of halogens is 1. The Hall–Kier alpha value is -2.55. The lowest BCUT2D eigenvalue weighted by molar-refractivity contribution is 0.596. The Balaban J connectivity index is 2.09. The van der Waals surface area contributed by atoms with Gasteiger partial charge in [-0.2, -0.15) is 25.6 Å². The molecule has 0 aliphatic heterocycles. The minimum absolute atomic E-state index is 0.0168. The summed E-state index contributed by atoms with van der Waals surface area (Å²) in [7, 11) is -8.10. The first-order valence-electron chi connectivity index (χ1n) is 7.64. The molecule has 27 heavy (non-hydrogen) atoms. The second-order valence-corrected chi connectivity index (χ2v) is 9.04. The molecular weight excluding hydrogens is 408 g/mol. The van der Waals surface area contributed by atoms with Crippen molar-refractivity contribution in [2.24, 2.45) is 8.80 Å². The minimum Gasteiger partial charge on any atom is -0.199 e. The molecule has 1 aliphatic carbocycles. The molecule has 1 aliphatic rings. The van der Waals surface area contributed by atoms with Gasteiger partial charge in [-0.25, -0.2) is 0 Å². The molecule has 0 fully saturated rings. The first-order chi connectivity index (χ1) is 12.8. The summed E-state index contributed by atoms with van der Waals surface area (Å²) in [5.74, 6) is 0. The maximum absolute atomic E-state index is 12.5. The van der Waals surface area contributed by atoms with E-state index >= 15 is 0 Å². The number of nitrogens with zero attached hydrogens (tertiary/aromatic N) is 2. The fraction of sp³-hybridized carbons (Fsp3) is 0. The first-order valence-corrected chi connectivity index (χ1v) is 10.9. The summed E-state index contributed by atoms with van der Waals surface area (Å²) in [5, 5.41) is 0.202. The molecule has 2 aromatic rings. The van der Waals surface area contributed by atoms with E-state index in [0.29, 0.717) is 0 Å². The lowest BCUT2D eigenvalue weighted by atomic mass is 10.1. The van der Waals surface area contributed by atoms with E-state index in [2.05, 4.69) is 8.80 Å². The van der Waals surface area contributed by atoms with Crippen LogP contribution in [0.4, 0.5) is 0 Å². The van der Waals surface area contributed by atoms with E-state index in [-0.39, 0.29) is 26.2 Å². The molecule has 0 bridgehead atoms. The zero-order chi connectivity index (χ0) is 19.5. The summed E-state index contributed by atoms with van der Waals surface area (Å²) in [6.45, 7) is 0. The highest BCUT2D eigenvalue weighted by atomic mass is 35.5. The van der Waals surface area contributed by atoms with Gasteiger partial charge in [0.05, 0.1) is 9.79 Å². The van der Waals surface area contributed by atoms with Gasteiger partial charge in [-0.3, -0.25) is 0 Å². The zero-order valence-corrected chi connectivity index (χ0v) is 16.1. The SMILES string of the molecule is O=S(=O)(/N=C1/C=C(Cl)C=C/C1=N\S(=O)(=O)c1ccccc1)c1ccccc1. The van der Waals surface area contributed by atoms with E-state index in [4.69, 9.17) is 11.6 Å². The van der Waals surface area contributed by atoms with Gasteiger partial charge in [-0.05, 0) is 42.5 Å². The Kier molecular flexibility index (Phi) is 5.41. The topological polar surface area (TPSA) is 93.0 Å². The number of benzene rings is 2. The van der Waals surface area contributed by atoms with Gasteiger partial charge < -0.3 is 0 Å². The highest BCUT2D eigenvalue weighted by Crippen LogP contribution is 2.18. The third-order valence-corrected chi connectivity index (χ3v) is 6.30. The van der Waals surface area contributed by atoms with Crippen molar-refractivity contribution in [3.63, 3.8) is 0 Å². The second-order valence-electron chi connectivity index (χ2n) is 5.39. The van der Waals surface area contributed by atoms with Crippen LogP contribution in [0.25, 0.3) is 0 Å². The Morgan fingerprint density at radius 1 is 0.630 bits per heavy atom. The average molecular weight is 421 g/mol. The van der Waals surface area contributed by atoms with Crippen molar-refractivity contribution in [2.75, 3.05) is 0 Å². The summed E-state index contributed by atoms with van der Waals surface area (Å²) < 4.78 is 57.4. The van der Waals surface area contributed by atoms with Crippen molar-refractivity contribution >= 4 is 43.1 Å². The molecule has 0 N–H and O–H groups in total. The maximum Gasteiger partial charge on any atom is 0.282 e. The predicted molar refractivity (Wildman–Crippen MR) is 105 cm³/mol. The number of allylic oxidation sites excluding steroid dienone is 4. The standard InChI is InChI=1S/C18H13ClN2O4S2/c19-14-11-12-17(20-26(22,23)15-7-3-1-4-8-15)18(13-14)21-27(24,25)16-9-5-2-6-10-16/h1-13H/b20-17+,21-18-. The molecule has 0 saturated heterocycles. The minimum atomic E-state index is -4.06. The molecule has 0 aromatic heterocycles. The smallest absolute Gasteiger partial charge is 0.199 e.